The lowest BCUT2D eigenvalue weighted by molar-refractivity contribution is 0.309. The molecule has 0 radical (unpaired) electrons. The third kappa shape index (κ3) is 8.11. The van der Waals surface area contributed by atoms with Crippen LogP contribution in [0.3, 0.4) is 0 Å². The maximum absolute atomic E-state index is 5.67. The van der Waals surface area contributed by atoms with Crippen molar-refractivity contribution < 1.29 is 4.74 Å². The predicted molar refractivity (Wildman–Crippen MR) is 127 cm³/mol. The minimum Gasteiger partial charge on any atom is -0.494 e. The van der Waals surface area contributed by atoms with Crippen LogP contribution in [0.1, 0.15) is 44.7 Å². The van der Waals surface area contributed by atoms with Crippen molar-refractivity contribution >= 4 is 29.2 Å². The summed E-state index contributed by atoms with van der Waals surface area (Å²) in [6, 6.07) is 16.4. The Morgan fingerprint density at radius 3 is 2.34 bits per heavy atom. The van der Waals surface area contributed by atoms with Gasteiger partial charge in [-0.25, -0.2) is 0 Å². The summed E-state index contributed by atoms with van der Waals surface area (Å²) >= 11 is 5.28. The molecule has 2 N–H and O–H groups in total. The summed E-state index contributed by atoms with van der Waals surface area (Å²) in [4.78, 5) is 2.31. The van der Waals surface area contributed by atoms with Crippen LogP contribution in [0.2, 0.25) is 0 Å². The number of hydrazone groups is 1. The zero-order valence-electron chi connectivity index (χ0n) is 17.6. The molecule has 0 amide bonds. The summed E-state index contributed by atoms with van der Waals surface area (Å²) in [6.07, 6.45) is 3.98. The van der Waals surface area contributed by atoms with Crippen LogP contribution in [0.25, 0.3) is 0 Å². The smallest absolute Gasteiger partial charge is 0.187 e. The van der Waals surface area contributed by atoms with Crippen LogP contribution in [0.4, 0.5) is 5.69 Å². The highest BCUT2D eigenvalue weighted by atomic mass is 32.1. The van der Waals surface area contributed by atoms with Crippen LogP contribution in [-0.2, 0) is 6.54 Å². The van der Waals surface area contributed by atoms with Gasteiger partial charge in [-0.1, -0.05) is 37.6 Å². The van der Waals surface area contributed by atoms with Crippen LogP contribution in [-0.4, -0.2) is 31.0 Å². The quantitative estimate of drug-likeness (QED) is 0.242. The van der Waals surface area contributed by atoms with Crippen molar-refractivity contribution in [3.8, 4) is 5.75 Å². The average Bonchev–Trinajstić information content (AvgIpc) is 2.75. The highest BCUT2D eigenvalue weighted by Gasteiger charge is 2.01. The summed E-state index contributed by atoms with van der Waals surface area (Å²) in [5.74, 6) is 0.902. The van der Waals surface area contributed by atoms with Crippen molar-refractivity contribution in [2.24, 2.45) is 5.10 Å². The van der Waals surface area contributed by atoms with E-state index >= 15 is 0 Å². The van der Waals surface area contributed by atoms with E-state index in [9.17, 15) is 0 Å². The van der Waals surface area contributed by atoms with Crippen LogP contribution >= 0.6 is 12.2 Å². The van der Waals surface area contributed by atoms with E-state index in [4.69, 9.17) is 17.0 Å². The first kappa shape index (κ1) is 22.7. The molecule has 0 bridgehead atoms. The molecule has 0 spiro atoms. The molecule has 29 heavy (non-hydrogen) atoms. The SMILES string of the molecule is CCCCOc1ccc(CNC(=S)N/N=C/c2ccc(N(CC)CC)cc2)cc1. The summed E-state index contributed by atoms with van der Waals surface area (Å²) in [5, 5.41) is 7.86. The molecule has 0 saturated heterocycles. The van der Waals surface area contributed by atoms with Crippen LogP contribution < -0.4 is 20.4 Å². The molecule has 2 rings (SSSR count). The third-order valence-corrected chi connectivity index (χ3v) is 4.78. The van der Waals surface area contributed by atoms with Gasteiger partial charge in [0.1, 0.15) is 5.75 Å². The maximum Gasteiger partial charge on any atom is 0.187 e. The lowest BCUT2D eigenvalue weighted by atomic mass is 10.2. The van der Waals surface area contributed by atoms with Crippen molar-refractivity contribution in [2.75, 3.05) is 24.6 Å². The Kier molecular flexibility index (Phi) is 10.00. The molecule has 0 atom stereocenters. The van der Waals surface area contributed by atoms with Gasteiger partial charge in [0.15, 0.2) is 5.11 Å². The van der Waals surface area contributed by atoms with Gasteiger partial charge in [0.2, 0.25) is 0 Å². The Hall–Kier alpha value is -2.60. The van der Waals surface area contributed by atoms with Crippen molar-refractivity contribution in [3.05, 3.63) is 59.7 Å². The molecule has 0 aliphatic rings. The van der Waals surface area contributed by atoms with E-state index in [-0.39, 0.29) is 0 Å². The molecule has 0 aliphatic carbocycles. The summed E-state index contributed by atoms with van der Waals surface area (Å²) < 4.78 is 5.67. The maximum atomic E-state index is 5.67. The second kappa shape index (κ2) is 12.8. The largest absolute Gasteiger partial charge is 0.494 e. The minimum atomic E-state index is 0.490. The third-order valence-electron chi connectivity index (χ3n) is 4.54. The van der Waals surface area contributed by atoms with E-state index in [1.807, 2.05) is 24.3 Å². The molecular weight excluding hydrogens is 380 g/mol. The summed E-state index contributed by atoms with van der Waals surface area (Å²) in [5.41, 5.74) is 6.24. The number of benzene rings is 2. The second-order valence-electron chi connectivity index (χ2n) is 6.66. The van der Waals surface area contributed by atoms with Gasteiger partial charge in [-0.2, -0.15) is 5.10 Å². The van der Waals surface area contributed by atoms with Gasteiger partial charge in [-0.3, -0.25) is 5.43 Å². The Morgan fingerprint density at radius 1 is 1.03 bits per heavy atom. The Labute approximate surface area is 180 Å². The van der Waals surface area contributed by atoms with E-state index in [0.29, 0.717) is 11.7 Å². The molecule has 0 saturated carbocycles. The number of hydrogen-bond acceptors (Lipinski definition) is 4. The summed E-state index contributed by atoms with van der Waals surface area (Å²) in [6.45, 7) is 9.87. The van der Waals surface area contributed by atoms with Gasteiger partial charge < -0.3 is 15.0 Å². The van der Waals surface area contributed by atoms with E-state index in [1.165, 1.54) is 5.69 Å². The number of hydrogen-bond donors (Lipinski definition) is 2. The molecule has 5 nitrogen and oxygen atoms in total. The molecule has 0 heterocycles. The molecule has 0 aromatic heterocycles. The van der Waals surface area contributed by atoms with Crippen molar-refractivity contribution in [1.29, 1.82) is 0 Å². The molecular formula is C23H32N4OS. The van der Waals surface area contributed by atoms with Gasteiger partial charge >= 0.3 is 0 Å². The second-order valence-corrected chi connectivity index (χ2v) is 7.07. The number of nitrogens with zero attached hydrogens (tertiary/aromatic N) is 2. The molecule has 156 valence electrons. The molecule has 6 heteroatoms. The number of anilines is 1. The van der Waals surface area contributed by atoms with Gasteiger partial charge in [0.25, 0.3) is 0 Å². The van der Waals surface area contributed by atoms with Gasteiger partial charge in [0, 0.05) is 25.3 Å². The van der Waals surface area contributed by atoms with E-state index < -0.39 is 0 Å². The Bertz CT molecular complexity index is 755. The molecule has 2 aromatic rings. The first-order valence-electron chi connectivity index (χ1n) is 10.3. The van der Waals surface area contributed by atoms with Crippen molar-refractivity contribution in [3.63, 3.8) is 0 Å². The van der Waals surface area contributed by atoms with Crippen LogP contribution in [0.15, 0.2) is 53.6 Å². The summed E-state index contributed by atoms with van der Waals surface area (Å²) in [7, 11) is 0. The number of unbranched alkanes of at least 4 members (excludes halogenated alkanes) is 1. The lowest BCUT2D eigenvalue weighted by Crippen LogP contribution is -2.31. The lowest BCUT2D eigenvalue weighted by Gasteiger charge is -2.20. The molecule has 2 aromatic carbocycles. The number of thiocarbonyl (C=S) groups is 1. The zero-order valence-corrected chi connectivity index (χ0v) is 18.5. The van der Waals surface area contributed by atoms with Gasteiger partial charge in [-0.15, -0.1) is 0 Å². The fourth-order valence-corrected chi connectivity index (χ4v) is 2.91. The van der Waals surface area contributed by atoms with E-state index in [1.54, 1.807) is 6.21 Å². The van der Waals surface area contributed by atoms with Crippen LogP contribution in [0, 0.1) is 0 Å². The van der Waals surface area contributed by atoms with E-state index in [0.717, 1.165) is 49.4 Å². The monoisotopic (exact) mass is 412 g/mol. The predicted octanol–water partition coefficient (Wildman–Crippen LogP) is 4.71. The first-order chi connectivity index (χ1) is 14.2. The van der Waals surface area contributed by atoms with Crippen molar-refractivity contribution in [1.82, 2.24) is 10.7 Å². The highest BCUT2D eigenvalue weighted by molar-refractivity contribution is 7.80. The molecule has 0 fully saturated rings. The van der Waals surface area contributed by atoms with Crippen LogP contribution in [0.5, 0.6) is 5.75 Å². The topological polar surface area (TPSA) is 48.9 Å². The minimum absolute atomic E-state index is 0.490. The molecule has 0 aliphatic heterocycles. The van der Waals surface area contributed by atoms with E-state index in [2.05, 4.69) is 65.8 Å². The zero-order chi connectivity index (χ0) is 20.9. The Balaban J connectivity index is 1.74. The normalized spacial score (nSPS) is 10.7. The van der Waals surface area contributed by atoms with Crippen molar-refractivity contribution in [2.45, 2.75) is 40.2 Å². The Morgan fingerprint density at radius 2 is 1.72 bits per heavy atom. The number of nitrogens with one attached hydrogen (secondary N) is 2. The highest BCUT2D eigenvalue weighted by Crippen LogP contribution is 2.14. The fraction of sp³-hybridized carbons (Fsp3) is 0.391. The average molecular weight is 413 g/mol. The number of rotatable bonds is 11. The number of ether oxygens (including phenoxy) is 1. The fourth-order valence-electron chi connectivity index (χ4n) is 2.79. The van der Waals surface area contributed by atoms with Gasteiger partial charge in [-0.05, 0) is 67.9 Å². The standard InChI is InChI=1S/C23H32N4OS/c1-4-7-16-28-22-14-10-19(11-15-22)17-24-23(29)26-25-18-20-8-12-21(13-9-20)27(5-2)6-3/h8-15,18H,4-7,16-17H2,1-3H3,(H2,24,26,29)/b25-18+. The van der Waals surface area contributed by atoms with Gasteiger partial charge in [0.05, 0.1) is 12.8 Å². The first-order valence-corrected chi connectivity index (χ1v) is 10.7. The molecule has 0 unspecified atom stereocenters.